The third-order valence-electron chi connectivity index (χ3n) is 4.60. The lowest BCUT2D eigenvalue weighted by atomic mass is 10.2. The monoisotopic (exact) mass is 392 g/mol. The van der Waals surface area contributed by atoms with Gasteiger partial charge in [-0.25, -0.2) is 9.67 Å². The van der Waals surface area contributed by atoms with Crippen LogP contribution in [0, 0.1) is 6.92 Å². The number of rotatable bonds is 5. The van der Waals surface area contributed by atoms with Gasteiger partial charge in [0.25, 0.3) is 5.91 Å². The fourth-order valence-corrected chi connectivity index (χ4v) is 3.84. The predicted molar refractivity (Wildman–Crippen MR) is 109 cm³/mol. The maximum Gasteiger partial charge on any atom is 0.274 e. The first-order valence-electron chi connectivity index (χ1n) is 9.09. The van der Waals surface area contributed by atoms with Crippen LogP contribution in [-0.2, 0) is 6.42 Å². The van der Waals surface area contributed by atoms with Crippen molar-refractivity contribution in [3.63, 3.8) is 0 Å². The fourth-order valence-electron chi connectivity index (χ4n) is 3.00. The Morgan fingerprint density at radius 1 is 1.32 bits per heavy atom. The van der Waals surface area contributed by atoms with Crippen LogP contribution in [0.2, 0.25) is 0 Å². The third-order valence-corrected chi connectivity index (χ3v) is 5.62. The SMILES string of the molecule is CCc1nc(C(C)NC(=O)c2nnn(-c3ccc4ncccc4c3)c2C)cs1. The van der Waals surface area contributed by atoms with Crippen molar-refractivity contribution in [2.75, 3.05) is 0 Å². The molecule has 3 heterocycles. The Labute approximate surface area is 166 Å². The molecule has 7 nitrogen and oxygen atoms in total. The molecule has 142 valence electrons. The normalized spacial score (nSPS) is 12.2. The summed E-state index contributed by atoms with van der Waals surface area (Å²) >= 11 is 1.61. The Balaban J connectivity index is 1.57. The molecular weight excluding hydrogens is 372 g/mol. The average Bonchev–Trinajstić information content (AvgIpc) is 3.34. The Hall–Kier alpha value is -3.13. The van der Waals surface area contributed by atoms with E-state index in [1.165, 1.54) is 0 Å². The lowest BCUT2D eigenvalue weighted by Crippen LogP contribution is -2.28. The number of carbonyl (C=O) groups excluding carboxylic acids is 1. The van der Waals surface area contributed by atoms with Crippen molar-refractivity contribution in [1.82, 2.24) is 30.3 Å². The van der Waals surface area contributed by atoms with Crippen molar-refractivity contribution in [1.29, 1.82) is 0 Å². The van der Waals surface area contributed by atoms with E-state index in [2.05, 4.69) is 32.5 Å². The van der Waals surface area contributed by atoms with Gasteiger partial charge in [-0.05, 0) is 44.5 Å². The van der Waals surface area contributed by atoms with Gasteiger partial charge < -0.3 is 5.32 Å². The van der Waals surface area contributed by atoms with E-state index >= 15 is 0 Å². The van der Waals surface area contributed by atoms with E-state index in [0.29, 0.717) is 11.4 Å². The van der Waals surface area contributed by atoms with E-state index < -0.39 is 0 Å². The molecule has 4 rings (SSSR count). The van der Waals surface area contributed by atoms with E-state index in [1.54, 1.807) is 22.2 Å². The van der Waals surface area contributed by atoms with Crippen molar-refractivity contribution in [2.45, 2.75) is 33.2 Å². The number of benzene rings is 1. The van der Waals surface area contributed by atoms with Gasteiger partial charge in [-0.1, -0.05) is 18.2 Å². The molecule has 4 aromatic rings. The van der Waals surface area contributed by atoms with Crippen LogP contribution in [0.15, 0.2) is 41.9 Å². The number of nitrogens with zero attached hydrogens (tertiary/aromatic N) is 5. The Kier molecular flexibility index (Phi) is 4.87. The van der Waals surface area contributed by atoms with Crippen LogP contribution in [0.3, 0.4) is 0 Å². The van der Waals surface area contributed by atoms with Gasteiger partial charge in [-0.3, -0.25) is 9.78 Å². The molecule has 0 saturated heterocycles. The summed E-state index contributed by atoms with van der Waals surface area (Å²) in [7, 11) is 0. The molecule has 3 aromatic heterocycles. The molecule has 0 aliphatic rings. The van der Waals surface area contributed by atoms with Crippen molar-refractivity contribution in [2.24, 2.45) is 0 Å². The van der Waals surface area contributed by atoms with Crippen LogP contribution < -0.4 is 5.32 Å². The van der Waals surface area contributed by atoms with Crippen LogP contribution in [0.5, 0.6) is 0 Å². The highest BCUT2D eigenvalue weighted by Gasteiger charge is 2.20. The maximum atomic E-state index is 12.7. The summed E-state index contributed by atoms with van der Waals surface area (Å²) in [5.74, 6) is -0.259. The van der Waals surface area contributed by atoms with Crippen LogP contribution in [0.4, 0.5) is 0 Å². The molecule has 1 atom stereocenters. The van der Waals surface area contributed by atoms with Crippen molar-refractivity contribution in [3.8, 4) is 5.69 Å². The summed E-state index contributed by atoms with van der Waals surface area (Å²) in [5, 5.41) is 15.3. The third kappa shape index (κ3) is 3.38. The number of hydrogen-bond acceptors (Lipinski definition) is 6. The van der Waals surface area contributed by atoms with Gasteiger partial charge >= 0.3 is 0 Å². The molecule has 0 fully saturated rings. The highest BCUT2D eigenvalue weighted by atomic mass is 32.1. The van der Waals surface area contributed by atoms with Crippen molar-refractivity contribution >= 4 is 28.1 Å². The zero-order valence-corrected chi connectivity index (χ0v) is 16.7. The van der Waals surface area contributed by atoms with Crippen LogP contribution in [-0.4, -0.2) is 30.9 Å². The van der Waals surface area contributed by atoms with Crippen molar-refractivity contribution < 1.29 is 4.79 Å². The van der Waals surface area contributed by atoms with Gasteiger partial charge in [0.1, 0.15) is 0 Å². The number of aromatic nitrogens is 5. The Bertz CT molecular complexity index is 1150. The zero-order chi connectivity index (χ0) is 19.7. The molecule has 0 bridgehead atoms. The fraction of sp³-hybridized carbons (Fsp3) is 0.250. The lowest BCUT2D eigenvalue weighted by Gasteiger charge is -2.11. The number of nitrogens with one attached hydrogen (secondary N) is 1. The Morgan fingerprint density at radius 3 is 2.96 bits per heavy atom. The van der Waals surface area contributed by atoms with Gasteiger partial charge in [0.05, 0.1) is 33.6 Å². The molecule has 28 heavy (non-hydrogen) atoms. The molecule has 0 radical (unpaired) electrons. The number of hydrogen-bond donors (Lipinski definition) is 1. The smallest absolute Gasteiger partial charge is 0.274 e. The first kappa shape index (κ1) is 18.2. The van der Waals surface area contributed by atoms with Crippen molar-refractivity contribution in [3.05, 3.63) is 64.0 Å². The number of thiazole rings is 1. The first-order chi connectivity index (χ1) is 13.6. The molecule has 1 N–H and O–H groups in total. The van der Waals surface area contributed by atoms with E-state index in [1.807, 2.05) is 49.6 Å². The molecule has 8 heteroatoms. The summed E-state index contributed by atoms with van der Waals surface area (Å²) in [6.45, 7) is 5.82. The molecule has 1 unspecified atom stereocenters. The minimum Gasteiger partial charge on any atom is -0.342 e. The summed E-state index contributed by atoms with van der Waals surface area (Å²) in [6, 6.07) is 9.52. The topological polar surface area (TPSA) is 85.6 Å². The molecule has 0 aliphatic heterocycles. The number of aryl methyl sites for hydroxylation is 1. The van der Waals surface area contributed by atoms with Gasteiger partial charge in [-0.2, -0.15) is 0 Å². The predicted octanol–water partition coefficient (Wildman–Crippen LogP) is 3.63. The summed E-state index contributed by atoms with van der Waals surface area (Å²) in [5.41, 5.74) is 3.60. The summed E-state index contributed by atoms with van der Waals surface area (Å²) < 4.78 is 1.67. The van der Waals surface area contributed by atoms with Crippen LogP contribution in [0.25, 0.3) is 16.6 Å². The maximum absolute atomic E-state index is 12.7. The average molecular weight is 392 g/mol. The molecule has 1 amide bonds. The largest absolute Gasteiger partial charge is 0.342 e. The summed E-state index contributed by atoms with van der Waals surface area (Å²) in [4.78, 5) is 21.6. The van der Waals surface area contributed by atoms with Gasteiger partial charge in [0.15, 0.2) is 5.69 Å². The second kappa shape index (κ2) is 7.47. The van der Waals surface area contributed by atoms with E-state index in [4.69, 9.17) is 0 Å². The van der Waals surface area contributed by atoms with Crippen LogP contribution in [0.1, 0.15) is 46.8 Å². The van der Waals surface area contributed by atoms with E-state index in [9.17, 15) is 4.79 Å². The standard InChI is InChI=1S/C20H20N6OS/c1-4-18-23-17(11-28-18)12(2)22-20(27)19-13(3)26(25-24-19)15-7-8-16-14(10-15)6-5-9-21-16/h5-12H,4H2,1-3H3,(H,22,27). The molecule has 0 aliphatic carbocycles. The minimum atomic E-state index is -0.259. The Morgan fingerprint density at radius 2 is 2.18 bits per heavy atom. The highest BCUT2D eigenvalue weighted by Crippen LogP contribution is 2.20. The minimum absolute atomic E-state index is 0.194. The second-order valence-electron chi connectivity index (χ2n) is 6.53. The molecule has 0 saturated carbocycles. The lowest BCUT2D eigenvalue weighted by molar-refractivity contribution is 0.0933. The van der Waals surface area contributed by atoms with E-state index in [0.717, 1.165) is 33.7 Å². The molecule has 0 spiro atoms. The van der Waals surface area contributed by atoms with Gasteiger partial charge in [-0.15, -0.1) is 16.4 Å². The molecule has 1 aromatic carbocycles. The zero-order valence-electron chi connectivity index (χ0n) is 15.9. The molecular formula is C20H20N6OS. The summed E-state index contributed by atoms with van der Waals surface area (Å²) in [6.07, 6.45) is 2.65. The number of pyridine rings is 1. The number of fused-ring (bicyclic) bond motifs is 1. The first-order valence-corrected chi connectivity index (χ1v) is 9.97. The quantitative estimate of drug-likeness (QED) is 0.560. The van der Waals surface area contributed by atoms with Crippen LogP contribution >= 0.6 is 11.3 Å². The number of amides is 1. The second-order valence-corrected chi connectivity index (χ2v) is 7.47. The van der Waals surface area contributed by atoms with Gasteiger partial charge in [0, 0.05) is 17.0 Å². The van der Waals surface area contributed by atoms with E-state index in [-0.39, 0.29) is 11.9 Å². The van der Waals surface area contributed by atoms with Gasteiger partial charge in [0.2, 0.25) is 0 Å². The number of carbonyl (C=O) groups is 1. The highest BCUT2D eigenvalue weighted by molar-refractivity contribution is 7.09.